The van der Waals surface area contributed by atoms with Gasteiger partial charge in [-0.15, -0.1) is 0 Å². The topological polar surface area (TPSA) is 91.2 Å². The Bertz CT molecular complexity index is 1100. The highest BCUT2D eigenvalue weighted by Crippen LogP contribution is 2.36. The number of nitriles is 1. The van der Waals surface area contributed by atoms with Crippen LogP contribution in [0.1, 0.15) is 11.1 Å². The summed E-state index contributed by atoms with van der Waals surface area (Å²) in [6.45, 7) is 2.14. The van der Waals surface area contributed by atoms with Crippen LogP contribution < -0.4 is 25.4 Å². The molecule has 1 aromatic heterocycles. The van der Waals surface area contributed by atoms with E-state index in [4.69, 9.17) is 21.7 Å². The summed E-state index contributed by atoms with van der Waals surface area (Å²) in [6, 6.07) is 17.9. The maximum Gasteiger partial charge on any atom is 0.231 e. The highest BCUT2D eigenvalue weighted by Gasteiger charge is 2.16. The van der Waals surface area contributed by atoms with Crippen LogP contribution in [0.3, 0.4) is 0 Å². The fraction of sp³-hybridized carbons (Fsp3) is 0.227. The van der Waals surface area contributed by atoms with Crippen molar-refractivity contribution in [1.29, 1.82) is 5.26 Å². The maximum absolute atomic E-state index is 9.47. The molecule has 8 heteroatoms. The zero-order valence-corrected chi connectivity index (χ0v) is 17.1. The highest BCUT2D eigenvalue weighted by molar-refractivity contribution is 7.80. The molecule has 0 bridgehead atoms. The number of anilines is 1. The van der Waals surface area contributed by atoms with Gasteiger partial charge in [-0.25, -0.2) is 4.98 Å². The molecule has 0 fully saturated rings. The van der Waals surface area contributed by atoms with Gasteiger partial charge in [-0.05, 0) is 36.3 Å². The Hall–Kier alpha value is -3.57. The first-order chi connectivity index (χ1) is 14.7. The van der Waals surface area contributed by atoms with Crippen LogP contribution in [0.25, 0.3) is 10.9 Å². The maximum atomic E-state index is 9.47. The number of hydrogen-bond donors (Lipinski definition) is 3. The SMILES string of the molecule is N#Cc1cc2cc3c(cc2nc1NCCNC(=S)NCCc1ccccc1)OCO3. The smallest absolute Gasteiger partial charge is 0.231 e. The molecule has 3 N–H and O–H groups in total. The molecule has 4 rings (SSSR count). The third-order valence-corrected chi connectivity index (χ3v) is 4.96. The van der Waals surface area contributed by atoms with Gasteiger partial charge < -0.3 is 25.4 Å². The molecule has 3 aromatic rings. The van der Waals surface area contributed by atoms with Gasteiger partial charge in [0.25, 0.3) is 0 Å². The summed E-state index contributed by atoms with van der Waals surface area (Å²) >= 11 is 5.31. The Labute approximate surface area is 180 Å². The van der Waals surface area contributed by atoms with Crippen LogP contribution in [-0.4, -0.2) is 36.5 Å². The van der Waals surface area contributed by atoms with E-state index >= 15 is 0 Å². The van der Waals surface area contributed by atoms with Gasteiger partial charge in [0.15, 0.2) is 16.6 Å². The highest BCUT2D eigenvalue weighted by atomic mass is 32.1. The lowest BCUT2D eigenvalue weighted by molar-refractivity contribution is 0.174. The molecular formula is C22H21N5O2S. The summed E-state index contributed by atoms with van der Waals surface area (Å²) in [7, 11) is 0. The van der Waals surface area contributed by atoms with E-state index in [9.17, 15) is 5.26 Å². The van der Waals surface area contributed by atoms with Gasteiger partial charge in [0.2, 0.25) is 6.79 Å². The van der Waals surface area contributed by atoms with Crippen molar-refractivity contribution in [3.8, 4) is 17.6 Å². The van der Waals surface area contributed by atoms with E-state index in [0.29, 0.717) is 41.1 Å². The number of hydrogen-bond acceptors (Lipinski definition) is 6. The minimum Gasteiger partial charge on any atom is -0.454 e. The van der Waals surface area contributed by atoms with Crippen molar-refractivity contribution in [2.75, 3.05) is 31.7 Å². The van der Waals surface area contributed by atoms with Crippen molar-refractivity contribution in [2.24, 2.45) is 0 Å². The predicted octanol–water partition coefficient (Wildman–Crippen LogP) is 2.95. The van der Waals surface area contributed by atoms with Gasteiger partial charge >= 0.3 is 0 Å². The van der Waals surface area contributed by atoms with E-state index < -0.39 is 0 Å². The summed E-state index contributed by atoms with van der Waals surface area (Å²) in [6.07, 6.45) is 0.909. The van der Waals surface area contributed by atoms with E-state index in [-0.39, 0.29) is 6.79 Å². The standard InChI is InChI=1S/C22H21N5O2S/c23-13-17-10-16-11-19-20(29-14-28-19)12-18(16)27-21(17)24-8-9-26-22(30)25-7-6-15-4-2-1-3-5-15/h1-5,10-12H,6-9,14H2,(H,24,27)(H2,25,26,30). The van der Waals surface area contributed by atoms with Crippen molar-refractivity contribution in [2.45, 2.75) is 6.42 Å². The van der Waals surface area contributed by atoms with Crippen molar-refractivity contribution >= 4 is 34.1 Å². The Morgan fingerprint density at radius 2 is 1.80 bits per heavy atom. The summed E-state index contributed by atoms with van der Waals surface area (Å²) < 4.78 is 10.8. The first-order valence-corrected chi connectivity index (χ1v) is 10.1. The minimum absolute atomic E-state index is 0.201. The molecule has 0 aliphatic carbocycles. The molecule has 152 valence electrons. The second-order valence-electron chi connectivity index (χ2n) is 6.74. The molecule has 0 amide bonds. The molecule has 0 spiro atoms. The van der Waals surface area contributed by atoms with Crippen LogP contribution >= 0.6 is 12.2 Å². The average Bonchev–Trinajstić information content (AvgIpc) is 3.22. The van der Waals surface area contributed by atoms with E-state index in [1.54, 1.807) is 6.07 Å². The Balaban J connectivity index is 1.27. The van der Waals surface area contributed by atoms with Gasteiger partial charge in [0, 0.05) is 31.1 Å². The van der Waals surface area contributed by atoms with Gasteiger partial charge in [-0.3, -0.25) is 0 Å². The lowest BCUT2D eigenvalue weighted by Crippen LogP contribution is -2.38. The normalized spacial score (nSPS) is 11.7. The van der Waals surface area contributed by atoms with Gasteiger partial charge in [-0.1, -0.05) is 30.3 Å². The molecular weight excluding hydrogens is 398 g/mol. The second kappa shape index (κ2) is 9.29. The fourth-order valence-electron chi connectivity index (χ4n) is 3.17. The number of ether oxygens (including phenoxy) is 2. The molecule has 1 aliphatic rings. The monoisotopic (exact) mass is 419 g/mol. The number of nitrogens with zero attached hydrogens (tertiary/aromatic N) is 2. The van der Waals surface area contributed by atoms with Crippen molar-refractivity contribution in [3.05, 3.63) is 59.7 Å². The summed E-state index contributed by atoms with van der Waals surface area (Å²) in [5.41, 5.74) is 2.49. The summed E-state index contributed by atoms with van der Waals surface area (Å²) in [5, 5.41) is 20.5. The number of fused-ring (bicyclic) bond motifs is 2. The van der Waals surface area contributed by atoms with E-state index in [1.165, 1.54) is 5.56 Å². The number of rotatable bonds is 7. The quantitative estimate of drug-likeness (QED) is 0.398. The molecule has 2 heterocycles. The van der Waals surface area contributed by atoms with Gasteiger partial charge in [-0.2, -0.15) is 5.26 Å². The van der Waals surface area contributed by atoms with Crippen LogP contribution in [0, 0.1) is 11.3 Å². The van der Waals surface area contributed by atoms with Gasteiger partial charge in [0.05, 0.1) is 11.1 Å². The molecule has 0 saturated carbocycles. The Morgan fingerprint density at radius 3 is 2.60 bits per heavy atom. The molecule has 0 saturated heterocycles. The lowest BCUT2D eigenvalue weighted by atomic mass is 10.1. The van der Waals surface area contributed by atoms with Crippen LogP contribution in [0.15, 0.2) is 48.5 Å². The molecule has 30 heavy (non-hydrogen) atoms. The summed E-state index contributed by atoms with van der Waals surface area (Å²) in [5.74, 6) is 1.87. The largest absolute Gasteiger partial charge is 0.454 e. The third-order valence-electron chi connectivity index (χ3n) is 4.67. The average molecular weight is 420 g/mol. The zero-order chi connectivity index (χ0) is 20.8. The van der Waals surface area contributed by atoms with Crippen LogP contribution in [-0.2, 0) is 6.42 Å². The number of aromatic nitrogens is 1. The Morgan fingerprint density at radius 1 is 1.03 bits per heavy atom. The molecule has 0 unspecified atom stereocenters. The Kier molecular flexibility index (Phi) is 6.11. The number of nitrogens with one attached hydrogen (secondary N) is 3. The van der Waals surface area contributed by atoms with Crippen LogP contribution in [0.5, 0.6) is 11.5 Å². The minimum atomic E-state index is 0.201. The molecule has 7 nitrogen and oxygen atoms in total. The first kappa shape index (κ1) is 19.7. The van der Waals surface area contributed by atoms with Crippen molar-refractivity contribution < 1.29 is 9.47 Å². The number of benzene rings is 2. The molecule has 0 radical (unpaired) electrons. The fourth-order valence-corrected chi connectivity index (χ4v) is 3.37. The lowest BCUT2D eigenvalue weighted by Gasteiger charge is -2.12. The predicted molar refractivity (Wildman–Crippen MR) is 120 cm³/mol. The van der Waals surface area contributed by atoms with Crippen molar-refractivity contribution in [3.63, 3.8) is 0 Å². The van der Waals surface area contributed by atoms with Crippen LogP contribution in [0.4, 0.5) is 5.82 Å². The van der Waals surface area contributed by atoms with E-state index in [0.717, 1.165) is 23.9 Å². The number of pyridine rings is 1. The zero-order valence-electron chi connectivity index (χ0n) is 16.3. The van der Waals surface area contributed by atoms with Crippen LogP contribution in [0.2, 0.25) is 0 Å². The van der Waals surface area contributed by atoms with E-state index in [1.807, 2.05) is 30.3 Å². The summed E-state index contributed by atoms with van der Waals surface area (Å²) in [4.78, 5) is 4.58. The van der Waals surface area contributed by atoms with Gasteiger partial charge in [0.1, 0.15) is 11.9 Å². The molecule has 1 aliphatic heterocycles. The van der Waals surface area contributed by atoms with E-state index in [2.05, 4.69) is 39.1 Å². The molecule has 0 atom stereocenters. The molecule has 2 aromatic carbocycles. The number of thiocarbonyl (C=S) groups is 1. The van der Waals surface area contributed by atoms with Crippen molar-refractivity contribution in [1.82, 2.24) is 15.6 Å². The third kappa shape index (κ3) is 4.70. The first-order valence-electron chi connectivity index (χ1n) is 9.67. The second-order valence-corrected chi connectivity index (χ2v) is 7.15.